The number of carbonyl (C=O) groups is 2. The fourth-order valence-corrected chi connectivity index (χ4v) is 3.77. The number of hydrogen-bond acceptors (Lipinski definition) is 3. The van der Waals surface area contributed by atoms with Crippen LogP contribution in [-0.4, -0.2) is 11.9 Å². The summed E-state index contributed by atoms with van der Waals surface area (Å²) in [6, 6.07) is 6.06. The van der Waals surface area contributed by atoms with Crippen molar-refractivity contribution in [2.24, 2.45) is 11.8 Å². The Bertz CT molecular complexity index is 582. The molecule has 1 fully saturated rings. The van der Waals surface area contributed by atoms with Gasteiger partial charge in [0.1, 0.15) is 0 Å². The summed E-state index contributed by atoms with van der Waals surface area (Å²) in [5.74, 6) is -2.38. The Kier molecular flexibility index (Phi) is 4.46. The number of aryl methyl sites for hydroxylation is 2. The van der Waals surface area contributed by atoms with Crippen LogP contribution in [0.15, 0.2) is 18.2 Å². The summed E-state index contributed by atoms with van der Waals surface area (Å²) >= 11 is 0. The van der Waals surface area contributed by atoms with Gasteiger partial charge in [-0.05, 0) is 61.8 Å². The van der Waals surface area contributed by atoms with Crippen molar-refractivity contribution in [3.63, 3.8) is 0 Å². The number of benzene rings is 1. The number of amides is 1. The van der Waals surface area contributed by atoms with E-state index >= 15 is 0 Å². The third-order valence-corrected chi connectivity index (χ3v) is 5.02. The first-order valence-electron chi connectivity index (χ1n) is 8.28. The van der Waals surface area contributed by atoms with Gasteiger partial charge in [0.25, 0.3) is 0 Å². The summed E-state index contributed by atoms with van der Waals surface area (Å²) in [6.07, 6.45) is 7.55. The van der Waals surface area contributed by atoms with Gasteiger partial charge in [-0.25, -0.2) is 0 Å². The molecule has 1 saturated carbocycles. The van der Waals surface area contributed by atoms with E-state index in [-0.39, 0.29) is 5.91 Å². The van der Waals surface area contributed by atoms with Crippen LogP contribution >= 0.6 is 0 Å². The van der Waals surface area contributed by atoms with Crippen molar-refractivity contribution in [1.29, 1.82) is 0 Å². The Hall–Kier alpha value is -1.84. The molecule has 0 aliphatic heterocycles. The van der Waals surface area contributed by atoms with E-state index in [4.69, 9.17) is 0 Å². The van der Waals surface area contributed by atoms with Gasteiger partial charge in [-0.2, -0.15) is 0 Å². The summed E-state index contributed by atoms with van der Waals surface area (Å²) in [6.45, 7) is 0. The van der Waals surface area contributed by atoms with Gasteiger partial charge in [0.05, 0.1) is 0 Å². The minimum Gasteiger partial charge on any atom is -0.550 e. The summed E-state index contributed by atoms with van der Waals surface area (Å²) in [5.41, 5.74) is 3.46. The molecule has 1 amide bonds. The van der Waals surface area contributed by atoms with Crippen LogP contribution in [0, 0.1) is 11.8 Å². The monoisotopic (exact) mass is 300 g/mol. The summed E-state index contributed by atoms with van der Waals surface area (Å²) in [5, 5.41) is 14.1. The Labute approximate surface area is 130 Å². The van der Waals surface area contributed by atoms with Gasteiger partial charge in [0.2, 0.25) is 5.91 Å². The van der Waals surface area contributed by atoms with Crippen LogP contribution in [0.2, 0.25) is 0 Å². The summed E-state index contributed by atoms with van der Waals surface area (Å²) in [4.78, 5) is 23.7. The number of carboxylic acids is 1. The number of fused-ring (bicyclic) bond motifs is 1. The highest BCUT2D eigenvalue weighted by molar-refractivity contribution is 5.95. The number of carbonyl (C=O) groups excluding carboxylic acids is 2. The standard InChI is InChI=1S/C18H23NO3/c20-17(15-7-3-4-8-16(15)18(21)22)19-14-10-9-12-5-1-2-6-13(12)11-14/h9-11,15-16H,1-8H2,(H,19,20)(H,21,22)/p-1/t15-,16-/m0/s1. The molecule has 2 atom stereocenters. The van der Waals surface area contributed by atoms with E-state index < -0.39 is 17.8 Å². The molecule has 22 heavy (non-hydrogen) atoms. The number of rotatable bonds is 3. The van der Waals surface area contributed by atoms with Gasteiger partial charge in [-0.15, -0.1) is 0 Å². The molecule has 0 saturated heterocycles. The molecule has 118 valence electrons. The molecule has 0 heterocycles. The molecule has 0 unspecified atom stereocenters. The molecular formula is C18H22NO3-. The minimum atomic E-state index is -1.09. The lowest BCUT2D eigenvalue weighted by Crippen LogP contribution is -2.42. The number of hydrogen-bond donors (Lipinski definition) is 1. The van der Waals surface area contributed by atoms with Gasteiger partial charge in [-0.3, -0.25) is 4.79 Å². The van der Waals surface area contributed by atoms with Gasteiger partial charge >= 0.3 is 0 Å². The lowest BCUT2D eigenvalue weighted by molar-refractivity contribution is -0.313. The van der Waals surface area contributed by atoms with Crippen molar-refractivity contribution in [1.82, 2.24) is 0 Å². The molecule has 0 aromatic heterocycles. The van der Waals surface area contributed by atoms with Crippen molar-refractivity contribution < 1.29 is 14.7 Å². The highest BCUT2D eigenvalue weighted by atomic mass is 16.4. The molecule has 2 aliphatic carbocycles. The maximum absolute atomic E-state index is 12.4. The second-order valence-corrected chi connectivity index (χ2v) is 6.50. The Morgan fingerprint density at radius 3 is 2.36 bits per heavy atom. The van der Waals surface area contributed by atoms with E-state index in [1.165, 1.54) is 24.0 Å². The second kappa shape index (κ2) is 6.51. The van der Waals surface area contributed by atoms with Crippen LogP contribution in [0.1, 0.15) is 49.7 Å². The second-order valence-electron chi connectivity index (χ2n) is 6.50. The number of carboxylic acid groups (broad SMARTS) is 1. The number of anilines is 1. The number of aliphatic carboxylic acids is 1. The first-order chi connectivity index (χ1) is 10.6. The predicted octanol–water partition coefficient (Wildman–Crippen LogP) is 2.06. The average molecular weight is 300 g/mol. The topological polar surface area (TPSA) is 69.2 Å². The van der Waals surface area contributed by atoms with E-state index in [1.807, 2.05) is 12.1 Å². The van der Waals surface area contributed by atoms with Gasteiger partial charge < -0.3 is 15.2 Å². The van der Waals surface area contributed by atoms with Crippen molar-refractivity contribution >= 4 is 17.6 Å². The predicted molar refractivity (Wildman–Crippen MR) is 82.2 cm³/mol. The first-order valence-corrected chi connectivity index (χ1v) is 8.28. The molecule has 0 bridgehead atoms. The SMILES string of the molecule is O=C([O-])[C@H]1CCCC[C@@H]1C(=O)Nc1ccc2c(c1)CCCC2. The normalized spacial score (nSPS) is 24.4. The van der Waals surface area contributed by atoms with E-state index in [1.54, 1.807) is 0 Å². The van der Waals surface area contributed by atoms with E-state index in [0.717, 1.165) is 31.4 Å². The molecule has 3 rings (SSSR count). The Morgan fingerprint density at radius 1 is 0.955 bits per heavy atom. The van der Waals surface area contributed by atoms with Crippen LogP contribution in [0.3, 0.4) is 0 Å². The molecule has 4 nitrogen and oxygen atoms in total. The maximum Gasteiger partial charge on any atom is 0.228 e. The van der Waals surface area contributed by atoms with Crippen LogP contribution < -0.4 is 10.4 Å². The molecule has 1 N–H and O–H groups in total. The third-order valence-electron chi connectivity index (χ3n) is 5.02. The third kappa shape index (κ3) is 3.16. The molecule has 2 aliphatic rings. The van der Waals surface area contributed by atoms with E-state index in [2.05, 4.69) is 11.4 Å². The van der Waals surface area contributed by atoms with Crippen molar-refractivity contribution in [3.8, 4) is 0 Å². The lowest BCUT2D eigenvalue weighted by atomic mass is 9.78. The zero-order chi connectivity index (χ0) is 15.5. The van der Waals surface area contributed by atoms with Gasteiger partial charge in [-0.1, -0.05) is 18.9 Å². The molecule has 0 spiro atoms. The average Bonchev–Trinajstić information content (AvgIpc) is 2.54. The summed E-state index contributed by atoms with van der Waals surface area (Å²) in [7, 11) is 0. The van der Waals surface area contributed by atoms with Crippen molar-refractivity contribution in [2.45, 2.75) is 51.4 Å². The number of nitrogens with one attached hydrogen (secondary N) is 1. The molecule has 4 heteroatoms. The Morgan fingerprint density at radius 2 is 1.64 bits per heavy atom. The van der Waals surface area contributed by atoms with Gasteiger partial charge in [0.15, 0.2) is 0 Å². The highest BCUT2D eigenvalue weighted by Crippen LogP contribution is 2.31. The smallest absolute Gasteiger partial charge is 0.228 e. The van der Waals surface area contributed by atoms with Gasteiger partial charge in [0, 0.05) is 23.5 Å². The molecular weight excluding hydrogens is 278 g/mol. The maximum atomic E-state index is 12.4. The zero-order valence-corrected chi connectivity index (χ0v) is 12.8. The van der Waals surface area contributed by atoms with Crippen LogP contribution in [0.25, 0.3) is 0 Å². The molecule has 0 radical (unpaired) electrons. The van der Waals surface area contributed by atoms with E-state index in [0.29, 0.717) is 12.8 Å². The van der Waals surface area contributed by atoms with E-state index in [9.17, 15) is 14.7 Å². The fraction of sp³-hybridized carbons (Fsp3) is 0.556. The van der Waals surface area contributed by atoms with Crippen LogP contribution in [0.4, 0.5) is 5.69 Å². The molecule has 1 aromatic carbocycles. The van der Waals surface area contributed by atoms with Crippen molar-refractivity contribution in [2.75, 3.05) is 5.32 Å². The molecule has 1 aromatic rings. The lowest BCUT2D eigenvalue weighted by Gasteiger charge is -2.31. The largest absolute Gasteiger partial charge is 0.550 e. The first kappa shape index (κ1) is 15.1. The fourth-order valence-electron chi connectivity index (χ4n) is 3.77. The quantitative estimate of drug-likeness (QED) is 0.929. The van der Waals surface area contributed by atoms with Crippen LogP contribution in [-0.2, 0) is 22.4 Å². The van der Waals surface area contributed by atoms with Crippen molar-refractivity contribution in [3.05, 3.63) is 29.3 Å². The summed E-state index contributed by atoms with van der Waals surface area (Å²) < 4.78 is 0. The highest BCUT2D eigenvalue weighted by Gasteiger charge is 2.31. The van der Waals surface area contributed by atoms with Crippen LogP contribution in [0.5, 0.6) is 0 Å². The Balaban J connectivity index is 1.71. The zero-order valence-electron chi connectivity index (χ0n) is 12.8. The minimum absolute atomic E-state index is 0.176.